The number of carbonyl (C=O) groups is 2. The van der Waals surface area contributed by atoms with Crippen molar-refractivity contribution in [2.75, 3.05) is 11.1 Å². The highest BCUT2D eigenvalue weighted by Crippen LogP contribution is 2.29. The number of hydrogen-bond donors (Lipinski definition) is 1. The summed E-state index contributed by atoms with van der Waals surface area (Å²) in [6.45, 7) is 6.03. The van der Waals surface area contributed by atoms with Gasteiger partial charge in [-0.05, 0) is 60.9 Å². The fraction of sp³-hybridized carbons (Fsp3) is 0.222. The van der Waals surface area contributed by atoms with Crippen LogP contribution in [0.15, 0.2) is 78.2 Å². The topological polar surface area (TPSA) is 89.8 Å². The van der Waals surface area contributed by atoms with Crippen molar-refractivity contribution < 1.29 is 9.59 Å². The first-order chi connectivity index (χ1) is 16.9. The number of pyridine rings is 1. The van der Waals surface area contributed by atoms with Gasteiger partial charge in [0, 0.05) is 35.6 Å². The maximum atomic E-state index is 12.9. The highest BCUT2D eigenvalue weighted by Gasteiger charge is 2.19. The third-order valence-corrected chi connectivity index (χ3v) is 6.26. The highest BCUT2D eigenvalue weighted by molar-refractivity contribution is 7.99. The van der Waals surface area contributed by atoms with Gasteiger partial charge >= 0.3 is 0 Å². The normalized spacial score (nSPS) is 11.0. The molecule has 0 spiro atoms. The van der Waals surface area contributed by atoms with E-state index in [9.17, 15) is 9.59 Å². The number of aromatic nitrogens is 4. The average molecular weight is 486 g/mol. The van der Waals surface area contributed by atoms with Crippen LogP contribution in [-0.2, 0) is 4.79 Å². The van der Waals surface area contributed by atoms with Crippen LogP contribution in [0.3, 0.4) is 0 Å². The number of anilines is 1. The molecular formula is C27H27N5O2S. The Balaban J connectivity index is 1.52. The van der Waals surface area contributed by atoms with Crippen LogP contribution in [0.5, 0.6) is 0 Å². The molecule has 0 radical (unpaired) electrons. The molecule has 0 fully saturated rings. The summed E-state index contributed by atoms with van der Waals surface area (Å²) < 4.78 is 1.97. The van der Waals surface area contributed by atoms with Gasteiger partial charge in [0.2, 0.25) is 5.91 Å². The number of hydrogen-bond acceptors (Lipinski definition) is 6. The van der Waals surface area contributed by atoms with Gasteiger partial charge in [0.1, 0.15) is 0 Å². The Kier molecular flexibility index (Phi) is 7.72. The Morgan fingerprint density at radius 2 is 1.77 bits per heavy atom. The number of rotatable bonds is 9. The minimum absolute atomic E-state index is 0.0303. The van der Waals surface area contributed by atoms with Gasteiger partial charge in [0.25, 0.3) is 0 Å². The summed E-state index contributed by atoms with van der Waals surface area (Å²) in [5, 5.41) is 12.3. The lowest BCUT2D eigenvalue weighted by molar-refractivity contribution is -0.116. The predicted octanol–water partition coefficient (Wildman–Crippen LogP) is 5.60. The second kappa shape index (κ2) is 11.1. The molecule has 2 aromatic heterocycles. The summed E-state index contributed by atoms with van der Waals surface area (Å²) in [5.41, 5.74) is 4.12. The van der Waals surface area contributed by atoms with Crippen LogP contribution in [0.25, 0.3) is 17.1 Å². The largest absolute Gasteiger partial charge is 0.326 e. The van der Waals surface area contributed by atoms with Crippen molar-refractivity contribution in [1.29, 1.82) is 0 Å². The molecule has 7 nitrogen and oxygen atoms in total. The number of para-hydroxylation sites is 1. The third kappa shape index (κ3) is 6.02. The van der Waals surface area contributed by atoms with E-state index in [0.29, 0.717) is 28.7 Å². The van der Waals surface area contributed by atoms with Crippen LogP contribution in [0.1, 0.15) is 36.2 Å². The lowest BCUT2D eigenvalue weighted by atomic mass is 10.1. The molecule has 0 saturated carbocycles. The van der Waals surface area contributed by atoms with Gasteiger partial charge in [-0.1, -0.05) is 43.8 Å². The van der Waals surface area contributed by atoms with Gasteiger partial charge in [-0.25, -0.2) is 0 Å². The number of nitrogens with zero attached hydrogens (tertiary/aromatic N) is 4. The molecule has 35 heavy (non-hydrogen) atoms. The van der Waals surface area contributed by atoms with Gasteiger partial charge in [0.05, 0.1) is 11.4 Å². The van der Waals surface area contributed by atoms with Crippen molar-refractivity contribution in [2.24, 2.45) is 5.92 Å². The molecule has 0 unspecified atom stereocenters. The molecule has 8 heteroatoms. The molecule has 0 atom stereocenters. The molecule has 4 aromatic rings. The zero-order valence-electron chi connectivity index (χ0n) is 19.9. The lowest BCUT2D eigenvalue weighted by Crippen LogP contribution is -2.14. The molecular weight excluding hydrogens is 458 g/mol. The fourth-order valence-corrected chi connectivity index (χ4v) is 4.45. The molecule has 178 valence electrons. The molecule has 0 aliphatic heterocycles. The Morgan fingerprint density at radius 1 is 1.00 bits per heavy atom. The summed E-state index contributed by atoms with van der Waals surface area (Å²) in [6, 6.07) is 18.8. The van der Waals surface area contributed by atoms with E-state index in [0.717, 1.165) is 16.8 Å². The predicted molar refractivity (Wildman–Crippen MR) is 139 cm³/mol. The molecule has 0 aliphatic carbocycles. The zero-order valence-corrected chi connectivity index (χ0v) is 20.7. The molecule has 2 heterocycles. The minimum Gasteiger partial charge on any atom is -0.326 e. The first kappa shape index (κ1) is 24.3. The third-order valence-electron chi connectivity index (χ3n) is 5.33. The molecule has 0 aliphatic rings. The second-order valence-electron chi connectivity index (χ2n) is 8.61. The summed E-state index contributed by atoms with van der Waals surface area (Å²) in [5.74, 6) is 1.10. The summed E-state index contributed by atoms with van der Waals surface area (Å²) in [4.78, 5) is 29.1. The van der Waals surface area contributed by atoms with E-state index in [1.807, 2.05) is 61.7 Å². The van der Waals surface area contributed by atoms with Crippen LogP contribution in [-0.4, -0.2) is 37.2 Å². The van der Waals surface area contributed by atoms with Gasteiger partial charge in [-0.3, -0.25) is 19.1 Å². The van der Waals surface area contributed by atoms with E-state index in [4.69, 9.17) is 0 Å². The van der Waals surface area contributed by atoms with Crippen LogP contribution in [0, 0.1) is 12.8 Å². The van der Waals surface area contributed by atoms with Crippen LogP contribution in [0.4, 0.5) is 5.69 Å². The number of aryl methyl sites for hydroxylation is 1. The first-order valence-electron chi connectivity index (χ1n) is 11.4. The first-order valence-corrected chi connectivity index (χ1v) is 12.4. The Labute approximate surface area is 209 Å². The van der Waals surface area contributed by atoms with E-state index >= 15 is 0 Å². The second-order valence-corrected chi connectivity index (χ2v) is 9.55. The number of benzene rings is 2. The molecule has 2 aromatic carbocycles. The van der Waals surface area contributed by atoms with E-state index in [1.54, 1.807) is 36.7 Å². The van der Waals surface area contributed by atoms with Gasteiger partial charge in [0.15, 0.2) is 16.8 Å². The van der Waals surface area contributed by atoms with Gasteiger partial charge < -0.3 is 5.32 Å². The molecule has 0 saturated heterocycles. The average Bonchev–Trinajstić information content (AvgIpc) is 3.27. The number of ketones is 1. The van der Waals surface area contributed by atoms with Crippen molar-refractivity contribution in [3.8, 4) is 17.1 Å². The van der Waals surface area contributed by atoms with Gasteiger partial charge in [-0.15, -0.1) is 10.2 Å². The number of nitrogens with one attached hydrogen (secondary N) is 1. The number of thioether (sulfide) groups is 1. The van der Waals surface area contributed by atoms with Crippen molar-refractivity contribution in [1.82, 2.24) is 19.7 Å². The number of carbonyl (C=O) groups excluding carboxylic acids is 2. The SMILES string of the molecule is Cc1ccccc1-n1c(SCC(=O)c2ccc(NC(=O)CC(C)C)cc2)nnc1-c1cccnc1. The quantitative estimate of drug-likeness (QED) is 0.245. The summed E-state index contributed by atoms with van der Waals surface area (Å²) in [6.07, 6.45) is 3.92. The van der Waals surface area contributed by atoms with Gasteiger partial charge in [-0.2, -0.15) is 0 Å². The highest BCUT2D eigenvalue weighted by atomic mass is 32.2. The van der Waals surface area contributed by atoms with Crippen LogP contribution < -0.4 is 5.32 Å². The van der Waals surface area contributed by atoms with Crippen LogP contribution in [0.2, 0.25) is 0 Å². The molecule has 1 amide bonds. The molecule has 0 bridgehead atoms. The van der Waals surface area contributed by atoms with Crippen LogP contribution >= 0.6 is 11.8 Å². The zero-order chi connectivity index (χ0) is 24.8. The summed E-state index contributed by atoms with van der Waals surface area (Å²) >= 11 is 1.34. The lowest BCUT2D eigenvalue weighted by Gasteiger charge is -2.12. The van der Waals surface area contributed by atoms with E-state index in [2.05, 4.69) is 20.5 Å². The Bertz CT molecular complexity index is 1320. The van der Waals surface area contributed by atoms with Crippen molar-refractivity contribution in [2.45, 2.75) is 32.3 Å². The van der Waals surface area contributed by atoms with E-state index in [1.165, 1.54) is 11.8 Å². The smallest absolute Gasteiger partial charge is 0.224 e. The standard InChI is InChI=1S/C27H27N5O2S/c1-18(2)15-25(34)29-22-12-10-20(11-13-22)24(33)17-35-27-31-30-26(21-8-6-14-28-16-21)32(27)23-9-5-4-7-19(23)3/h4-14,16,18H,15,17H2,1-3H3,(H,29,34). The minimum atomic E-state index is -0.0328. The molecule has 4 rings (SSSR count). The van der Waals surface area contributed by atoms with Crippen molar-refractivity contribution in [3.05, 3.63) is 84.2 Å². The number of amides is 1. The monoisotopic (exact) mass is 485 g/mol. The Morgan fingerprint density at radius 3 is 2.46 bits per heavy atom. The molecule has 1 N–H and O–H groups in total. The maximum Gasteiger partial charge on any atom is 0.224 e. The fourth-order valence-electron chi connectivity index (χ4n) is 3.61. The maximum absolute atomic E-state index is 12.9. The number of Topliss-reactive ketones (excluding diaryl/α,β-unsaturated/α-hetero) is 1. The van der Waals surface area contributed by atoms with E-state index in [-0.39, 0.29) is 23.4 Å². The van der Waals surface area contributed by atoms with Crippen molar-refractivity contribution >= 4 is 29.1 Å². The Hall–Kier alpha value is -3.78. The summed E-state index contributed by atoms with van der Waals surface area (Å²) in [7, 11) is 0. The van der Waals surface area contributed by atoms with E-state index < -0.39 is 0 Å². The van der Waals surface area contributed by atoms with Crippen molar-refractivity contribution in [3.63, 3.8) is 0 Å².